The first-order valence-electron chi connectivity index (χ1n) is 7.14. The van der Waals surface area contributed by atoms with Crippen LogP contribution in [-0.4, -0.2) is 17.7 Å². The summed E-state index contributed by atoms with van der Waals surface area (Å²) in [4.78, 5) is 37.9. The van der Waals surface area contributed by atoms with Crippen LogP contribution < -0.4 is 10.6 Å². The van der Waals surface area contributed by atoms with E-state index in [9.17, 15) is 14.4 Å². The lowest BCUT2D eigenvalue weighted by molar-refractivity contribution is -0.123. The van der Waals surface area contributed by atoms with Gasteiger partial charge in [0, 0.05) is 5.56 Å². The van der Waals surface area contributed by atoms with Crippen LogP contribution in [0.4, 0.5) is 5.69 Å². The van der Waals surface area contributed by atoms with Gasteiger partial charge in [0.2, 0.25) is 17.7 Å². The van der Waals surface area contributed by atoms with Crippen molar-refractivity contribution < 1.29 is 14.4 Å². The summed E-state index contributed by atoms with van der Waals surface area (Å²) in [5.74, 6) is -1.40. The first-order valence-corrected chi connectivity index (χ1v) is 7.52. The minimum Gasteiger partial charge on any atom is -0.366 e. The van der Waals surface area contributed by atoms with Crippen molar-refractivity contribution in [1.82, 2.24) is 0 Å². The van der Waals surface area contributed by atoms with Crippen molar-refractivity contribution in [3.8, 4) is 0 Å². The Morgan fingerprint density at radius 2 is 1.73 bits per heavy atom. The number of carbonyl (C=O) groups excluding carboxylic acids is 3. The Morgan fingerprint density at radius 1 is 1.14 bits per heavy atom. The number of nitrogens with two attached hydrogens (primary N) is 1. The number of allylic oxidation sites excluding steroid dienone is 2. The molecule has 22 heavy (non-hydrogen) atoms. The minimum absolute atomic E-state index is 0.134. The van der Waals surface area contributed by atoms with Crippen molar-refractivity contribution in [3.63, 3.8) is 0 Å². The zero-order valence-electron chi connectivity index (χ0n) is 11.5. The van der Waals surface area contributed by atoms with E-state index in [1.807, 2.05) is 12.2 Å². The summed E-state index contributed by atoms with van der Waals surface area (Å²) in [5.41, 5.74) is 5.74. The van der Waals surface area contributed by atoms with Crippen molar-refractivity contribution in [2.45, 2.75) is 6.42 Å². The second-order valence-electron chi connectivity index (χ2n) is 6.04. The third-order valence-corrected chi connectivity index (χ3v) is 5.26. The molecule has 1 saturated heterocycles. The summed E-state index contributed by atoms with van der Waals surface area (Å²) < 4.78 is 0. The van der Waals surface area contributed by atoms with Gasteiger partial charge in [-0.05, 0) is 36.5 Å². The third-order valence-electron chi connectivity index (χ3n) is 4.94. The van der Waals surface area contributed by atoms with Crippen LogP contribution in [0.5, 0.6) is 0 Å². The molecule has 4 rings (SSSR count). The first kappa shape index (κ1) is 13.5. The lowest BCUT2D eigenvalue weighted by atomic mass is 9.85. The van der Waals surface area contributed by atoms with Gasteiger partial charge in [0.25, 0.3) is 0 Å². The number of amides is 3. The monoisotopic (exact) mass is 316 g/mol. The van der Waals surface area contributed by atoms with Crippen LogP contribution in [-0.2, 0) is 9.59 Å². The maximum absolute atomic E-state index is 12.7. The average Bonchev–Trinajstić information content (AvgIpc) is 3.14. The highest BCUT2D eigenvalue weighted by atomic mass is 35.5. The van der Waals surface area contributed by atoms with Gasteiger partial charge in [-0.2, -0.15) is 0 Å². The Labute approximate surface area is 131 Å². The van der Waals surface area contributed by atoms with Crippen LogP contribution in [0.2, 0.25) is 5.02 Å². The Kier molecular flexibility index (Phi) is 2.72. The average molecular weight is 317 g/mol. The molecule has 2 N–H and O–H groups in total. The number of rotatable bonds is 2. The molecule has 3 amide bonds. The second kappa shape index (κ2) is 4.43. The van der Waals surface area contributed by atoms with Crippen LogP contribution in [0.3, 0.4) is 0 Å². The zero-order valence-corrected chi connectivity index (χ0v) is 12.3. The second-order valence-corrected chi connectivity index (χ2v) is 6.45. The molecule has 2 aliphatic carbocycles. The summed E-state index contributed by atoms with van der Waals surface area (Å²) in [6.45, 7) is 0. The minimum atomic E-state index is -0.626. The molecule has 1 saturated carbocycles. The third kappa shape index (κ3) is 1.63. The van der Waals surface area contributed by atoms with E-state index in [0.29, 0.717) is 0 Å². The number of primary amides is 1. The number of hydrogen-bond donors (Lipinski definition) is 1. The molecule has 0 radical (unpaired) electrons. The Hall–Kier alpha value is -2.14. The van der Waals surface area contributed by atoms with Gasteiger partial charge in [0.15, 0.2) is 0 Å². The number of benzene rings is 1. The van der Waals surface area contributed by atoms with Crippen LogP contribution in [0.25, 0.3) is 0 Å². The van der Waals surface area contributed by atoms with Gasteiger partial charge in [-0.1, -0.05) is 23.8 Å². The smallest absolute Gasteiger partial charge is 0.248 e. The normalized spacial score (nSPS) is 32.0. The molecule has 6 heteroatoms. The van der Waals surface area contributed by atoms with E-state index in [2.05, 4.69) is 0 Å². The molecule has 0 spiro atoms. The molecule has 2 fully saturated rings. The molecule has 112 valence electrons. The van der Waals surface area contributed by atoms with E-state index < -0.39 is 5.91 Å². The first-order chi connectivity index (χ1) is 10.5. The molecule has 0 unspecified atom stereocenters. The lowest BCUT2D eigenvalue weighted by Gasteiger charge is -2.19. The largest absolute Gasteiger partial charge is 0.366 e. The summed E-state index contributed by atoms with van der Waals surface area (Å²) in [7, 11) is 0. The summed E-state index contributed by atoms with van der Waals surface area (Å²) >= 11 is 6.14. The fraction of sp³-hybridized carbons (Fsp3) is 0.312. The van der Waals surface area contributed by atoms with E-state index in [0.717, 1.165) is 11.3 Å². The number of halogens is 1. The van der Waals surface area contributed by atoms with E-state index in [4.69, 9.17) is 17.3 Å². The van der Waals surface area contributed by atoms with E-state index in [1.165, 1.54) is 18.2 Å². The quantitative estimate of drug-likeness (QED) is 0.666. The van der Waals surface area contributed by atoms with E-state index in [1.54, 1.807) is 0 Å². The van der Waals surface area contributed by atoms with Gasteiger partial charge in [0.1, 0.15) is 0 Å². The molecule has 1 aliphatic heterocycles. The Balaban J connectivity index is 1.79. The van der Waals surface area contributed by atoms with E-state index >= 15 is 0 Å². The van der Waals surface area contributed by atoms with Gasteiger partial charge in [-0.3, -0.25) is 14.4 Å². The standard InChI is InChI=1S/C16H13ClN2O3/c17-10-4-3-9(14(18)20)6-11(10)19-15(21)12-7-1-2-8(5-7)13(12)16(19)22/h1-4,6-8,12-13H,5H2,(H2,18,20)/t7-,8-,12+,13+/m0/s1. The SMILES string of the molecule is NC(=O)c1ccc(Cl)c(N2C(=O)[C@H]3[C@H](C2=O)[C@H]2C=C[C@H]3C2)c1. The maximum atomic E-state index is 12.7. The van der Waals surface area contributed by atoms with Crippen molar-refractivity contribution in [2.75, 3.05) is 4.90 Å². The lowest BCUT2D eigenvalue weighted by Crippen LogP contribution is -2.33. The van der Waals surface area contributed by atoms with Crippen LogP contribution in [0.1, 0.15) is 16.8 Å². The fourth-order valence-electron chi connectivity index (χ4n) is 3.98. The highest BCUT2D eigenvalue weighted by Crippen LogP contribution is 2.53. The highest BCUT2D eigenvalue weighted by molar-refractivity contribution is 6.36. The summed E-state index contributed by atoms with van der Waals surface area (Å²) in [6.07, 6.45) is 4.93. The van der Waals surface area contributed by atoms with Gasteiger partial charge in [-0.15, -0.1) is 0 Å². The Morgan fingerprint density at radius 3 is 2.27 bits per heavy atom. The molecule has 0 aromatic heterocycles. The number of imide groups is 1. The zero-order chi connectivity index (χ0) is 15.6. The highest BCUT2D eigenvalue weighted by Gasteiger charge is 2.59. The molecule has 5 nitrogen and oxygen atoms in total. The van der Waals surface area contributed by atoms with Crippen LogP contribution in [0.15, 0.2) is 30.4 Å². The topological polar surface area (TPSA) is 80.5 Å². The van der Waals surface area contributed by atoms with Gasteiger partial charge >= 0.3 is 0 Å². The van der Waals surface area contributed by atoms with Gasteiger partial charge in [0.05, 0.1) is 22.5 Å². The van der Waals surface area contributed by atoms with E-state index in [-0.39, 0.29) is 51.8 Å². The predicted octanol–water partition coefficient (Wildman–Crippen LogP) is 1.75. The summed E-state index contributed by atoms with van der Waals surface area (Å²) in [5, 5.41) is 0.256. The van der Waals surface area contributed by atoms with Crippen LogP contribution in [0, 0.1) is 23.7 Å². The van der Waals surface area contributed by atoms with Crippen LogP contribution >= 0.6 is 11.6 Å². The number of nitrogens with zero attached hydrogens (tertiary/aromatic N) is 1. The van der Waals surface area contributed by atoms with Gasteiger partial charge in [-0.25, -0.2) is 4.90 Å². The van der Waals surface area contributed by atoms with Crippen molar-refractivity contribution in [2.24, 2.45) is 29.4 Å². The predicted molar refractivity (Wildman–Crippen MR) is 80.2 cm³/mol. The number of carbonyl (C=O) groups is 3. The van der Waals surface area contributed by atoms with Crippen molar-refractivity contribution in [1.29, 1.82) is 0 Å². The molecular formula is C16H13ClN2O3. The molecule has 4 atom stereocenters. The van der Waals surface area contributed by atoms with Gasteiger partial charge < -0.3 is 5.73 Å². The molecular weight excluding hydrogens is 304 g/mol. The van der Waals surface area contributed by atoms with Crippen molar-refractivity contribution in [3.05, 3.63) is 40.9 Å². The maximum Gasteiger partial charge on any atom is 0.248 e. The molecule has 1 heterocycles. The molecule has 3 aliphatic rings. The number of fused-ring (bicyclic) bond motifs is 5. The number of anilines is 1. The Bertz CT molecular complexity index is 728. The molecule has 1 aromatic rings. The van der Waals surface area contributed by atoms with Crippen molar-refractivity contribution >= 4 is 35.0 Å². The molecule has 1 aromatic carbocycles. The fourth-order valence-corrected chi connectivity index (χ4v) is 4.18. The molecule has 2 bridgehead atoms. The number of hydrogen-bond acceptors (Lipinski definition) is 3. The summed E-state index contributed by atoms with van der Waals surface area (Å²) in [6, 6.07) is 4.38.